The van der Waals surface area contributed by atoms with Gasteiger partial charge >= 0.3 is 0 Å². The lowest BCUT2D eigenvalue weighted by Crippen LogP contribution is -2.42. The summed E-state index contributed by atoms with van der Waals surface area (Å²) in [5.74, 6) is 0.461. The van der Waals surface area contributed by atoms with E-state index in [0.29, 0.717) is 22.6 Å². The van der Waals surface area contributed by atoms with Crippen LogP contribution in [-0.2, 0) is 0 Å². The number of carbonyl (C=O) groups is 2. The maximum Gasteiger partial charge on any atom is 0.270 e. The van der Waals surface area contributed by atoms with Crippen LogP contribution < -0.4 is 4.74 Å². The van der Waals surface area contributed by atoms with Gasteiger partial charge in [0.2, 0.25) is 0 Å². The molecule has 1 aromatic heterocycles. The van der Waals surface area contributed by atoms with Crippen LogP contribution in [0.1, 0.15) is 54.1 Å². The number of carbonyl (C=O) groups excluding carboxylic acids is 2. The molecule has 1 N–H and O–H groups in total. The van der Waals surface area contributed by atoms with Gasteiger partial charge in [0.25, 0.3) is 5.91 Å². The number of benzene rings is 1. The van der Waals surface area contributed by atoms with Crippen LogP contribution in [0.25, 0.3) is 0 Å². The normalized spacial score (nSPS) is 11.0. The van der Waals surface area contributed by atoms with Crippen LogP contribution in [0.5, 0.6) is 5.75 Å². The van der Waals surface area contributed by atoms with Crippen LogP contribution in [0, 0.1) is 0 Å². The number of methoxy groups -OCH3 is 1. The molecule has 0 unspecified atom stereocenters. The van der Waals surface area contributed by atoms with Crippen LogP contribution >= 0.6 is 0 Å². The largest absolute Gasteiger partial charge is 0.497 e. The first kappa shape index (κ1) is 17.8. The summed E-state index contributed by atoms with van der Waals surface area (Å²) in [6.45, 7) is 7.91. The summed E-state index contributed by atoms with van der Waals surface area (Å²) in [6, 6.07) is 8.69. The van der Waals surface area contributed by atoms with Crippen molar-refractivity contribution < 1.29 is 14.3 Å². The molecule has 0 aliphatic rings. The summed E-state index contributed by atoms with van der Waals surface area (Å²) in [5.41, 5.74) is 1.45. The Morgan fingerprint density at radius 3 is 2.08 bits per heavy atom. The third kappa shape index (κ3) is 3.67. The Kier molecular flexibility index (Phi) is 5.44. The van der Waals surface area contributed by atoms with E-state index < -0.39 is 0 Å². The van der Waals surface area contributed by atoms with Gasteiger partial charge in [0.15, 0.2) is 5.78 Å². The number of hydrogen-bond donors (Lipinski definition) is 1. The number of aromatic amines is 1. The molecule has 1 amide bonds. The van der Waals surface area contributed by atoms with Gasteiger partial charge in [-0.15, -0.1) is 0 Å². The first-order valence-corrected chi connectivity index (χ1v) is 8.05. The summed E-state index contributed by atoms with van der Waals surface area (Å²) in [7, 11) is 1.58. The van der Waals surface area contributed by atoms with Gasteiger partial charge < -0.3 is 14.6 Å². The van der Waals surface area contributed by atoms with Gasteiger partial charge in [-0.2, -0.15) is 0 Å². The molecular weight excluding hydrogens is 304 g/mol. The van der Waals surface area contributed by atoms with Gasteiger partial charge in [-0.3, -0.25) is 9.59 Å². The Morgan fingerprint density at radius 2 is 1.58 bits per heavy atom. The Morgan fingerprint density at radius 1 is 1.00 bits per heavy atom. The van der Waals surface area contributed by atoms with Crippen LogP contribution in [-0.4, -0.2) is 40.8 Å². The minimum absolute atomic E-state index is 0.0848. The molecule has 2 aromatic rings. The van der Waals surface area contributed by atoms with E-state index in [9.17, 15) is 9.59 Å². The first-order valence-electron chi connectivity index (χ1n) is 8.05. The molecule has 1 heterocycles. The Labute approximate surface area is 142 Å². The summed E-state index contributed by atoms with van der Waals surface area (Å²) in [6.07, 6.45) is 1.58. The third-order valence-corrected chi connectivity index (χ3v) is 3.88. The Bertz CT molecular complexity index is 706. The second-order valence-corrected chi connectivity index (χ2v) is 6.26. The Balaban J connectivity index is 2.22. The zero-order valence-corrected chi connectivity index (χ0v) is 14.8. The van der Waals surface area contributed by atoms with Crippen LogP contribution in [0.3, 0.4) is 0 Å². The van der Waals surface area contributed by atoms with Crippen molar-refractivity contribution in [3.8, 4) is 5.75 Å². The fourth-order valence-electron chi connectivity index (χ4n) is 2.76. The zero-order chi connectivity index (χ0) is 17.9. The Hall–Kier alpha value is -2.56. The molecular formula is C19H24N2O3. The molecule has 1 aromatic carbocycles. The molecule has 0 fully saturated rings. The zero-order valence-electron chi connectivity index (χ0n) is 14.8. The molecule has 0 atom stereocenters. The maximum atomic E-state index is 12.7. The highest BCUT2D eigenvalue weighted by molar-refractivity contribution is 6.10. The smallest absolute Gasteiger partial charge is 0.270 e. The van der Waals surface area contributed by atoms with Crippen molar-refractivity contribution in [3.63, 3.8) is 0 Å². The van der Waals surface area contributed by atoms with E-state index in [2.05, 4.69) is 4.98 Å². The number of ketones is 1. The molecule has 0 aliphatic carbocycles. The van der Waals surface area contributed by atoms with Crippen molar-refractivity contribution in [1.82, 2.24) is 9.88 Å². The van der Waals surface area contributed by atoms with Gasteiger partial charge in [0.05, 0.1) is 7.11 Å². The molecule has 2 rings (SSSR count). The number of nitrogens with zero attached hydrogens (tertiary/aromatic N) is 1. The molecule has 0 bridgehead atoms. The van der Waals surface area contributed by atoms with Gasteiger partial charge in [0.1, 0.15) is 11.4 Å². The third-order valence-electron chi connectivity index (χ3n) is 3.88. The average Bonchev–Trinajstić information content (AvgIpc) is 3.03. The lowest BCUT2D eigenvalue weighted by molar-refractivity contribution is 0.0638. The summed E-state index contributed by atoms with van der Waals surface area (Å²) >= 11 is 0. The first-order chi connectivity index (χ1) is 11.3. The second-order valence-electron chi connectivity index (χ2n) is 6.26. The summed E-state index contributed by atoms with van der Waals surface area (Å²) in [5, 5.41) is 0. The van der Waals surface area contributed by atoms with Crippen molar-refractivity contribution in [1.29, 1.82) is 0 Å². The van der Waals surface area contributed by atoms with E-state index in [-0.39, 0.29) is 23.8 Å². The SMILES string of the molecule is COc1ccc(C(=O)c2c[nH]c(C(=O)N(C(C)C)C(C)C)c2)cc1. The number of nitrogens with one attached hydrogen (secondary N) is 1. The van der Waals surface area contributed by atoms with E-state index in [1.54, 1.807) is 48.5 Å². The minimum Gasteiger partial charge on any atom is -0.497 e. The van der Waals surface area contributed by atoms with Crippen LogP contribution in [0.4, 0.5) is 0 Å². The summed E-state index contributed by atoms with van der Waals surface area (Å²) in [4.78, 5) is 29.9. The minimum atomic E-state index is -0.131. The molecule has 0 saturated carbocycles. The lowest BCUT2D eigenvalue weighted by atomic mass is 10.1. The standard InChI is InChI=1S/C19H24N2O3/c1-12(2)21(13(3)4)19(23)17-10-15(11-20-17)18(22)14-6-8-16(24-5)9-7-14/h6-13,20H,1-5H3. The van der Waals surface area contributed by atoms with Crippen molar-refractivity contribution in [3.05, 3.63) is 53.3 Å². The quantitative estimate of drug-likeness (QED) is 0.825. The number of hydrogen-bond acceptors (Lipinski definition) is 3. The number of H-pyrrole nitrogens is 1. The molecule has 5 nitrogen and oxygen atoms in total. The number of aromatic nitrogens is 1. The lowest BCUT2D eigenvalue weighted by Gasteiger charge is -2.30. The maximum absolute atomic E-state index is 12.7. The monoisotopic (exact) mass is 328 g/mol. The average molecular weight is 328 g/mol. The predicted octanol–water partition coefficient (Wildman–Crippen LogP) is 3.51. The molecule has 128 valence electrons. The van der Waals surface area contributed by atoms with Crippen molar-refractivity contribution in [2.75, 3.05) is 7.11 Å². The highest BCUT2D eigenvalue weighted by Gasteiger charge is 2.23. The van der Waals surface area contributed by atoms with Gasteiger partial charge in [-0.1, -0.05) is 0 Å². The van der Waals surface area contributed by atoms with E-state index in [1.807, 2.05) is 27.7 Å². The summed E-state index contributed by atoms with van der Waals surface area (Å²) < 4.78 is 5.09. The van der Waals surface area contributed by atoms with Crippen LogP contribution in [0.2, 0.25) is 0 Å². The molecule has 0 aliphatic heterocycles. The fraction of sp³-hybridized carbons (Fsp3) is 0.368. The van der Waals surface area contributed by atoms with Crippen molar-refractivity contribution in [2.24, 2.45) is 0 Å². The molecule has 0 spiro atoms. The van der Waals surface area contributed by atoms with Crippen molar-refractivity contribution in [2.45, 2.75) is 39.8 Å². The predicted molar refractivity (Wildman–Crippen MR) is 93.7 cm³/mol. The number of rotatable bonds is 6. The van der Waals surface area contributed by atoms with E-state index in [0.717, 1.165) is 0 Å². The molecule has 0 saturated heterocycles. The van der Waals surface area contributed by atoms with E-state index in [4.69, 9.17) is 4.74 Å². The van der Waals surface area contributed by atoms with Crippen molar-refractivity contribution >= 4 is 11.7 Å². The molecule has 5 heteroatoms. The fourth-order valence-corrected chi connectivity index (χ4v) is 2.76. The van der Waals surface area contributed by atoms with Gasteiger partial charge in [-0.05, 0) is 58.0 Å². The van der Waals surface area contributed by atoms with Crippen LogP contribution in [0.15, 0.2) is 36.5 Å². The topological polar surface area (TPSA) is 62.4 Å². The second kappa shape index (κ2) is 7.34. The molecule has 24 heavy (non-hydrogen) atoms. The highest BCUT2D eigenvalue weighted by Crippen LogP contribution is 2.17. The van der Waals surface area contributed by atoms with Gasteiger partial charge in [0, 0.05) is 29.4 Å². The van der Waals surface area contributed by atoms with E-state index >= 15 is 0 Å². The van der Waals surface area contributed by atoms with Gasteiger partial charge in [-0.25, -0.2) is 0 Å². The number of ether oxygens (including phenoxy) is 1. The number of amides is 1. The highest BCUT2D eigenvalue weighted by atomic mass is 16.5. The molecule has 0 radical (unpaired) electrons. The van der Waals surface area contributed by atoms with E-state index in [1.165, 1.54) is 0 Å².